The Labute approximate surface area is 254 Å². The van der Waals surface area contributed by atoms with E-state index in [9.17, 15) is 18.5 Å². The molecule has 1 atom stereocenters. The van der Waals surface area contributed by atoms with Gasteiger partial charge in [-0.05, 0) is 60.6 Å². The highest BCUT2D eigenvalue weighted by Gasteiger charge is 2.32. The molecule has 0 amide bonds. The van der Waals surface area contributed by atoms with E-state index >= 15 is 4.39 Å². The van der Waals surface area contributed by atoms with Gasteiger partial charge in [-0.25, -0.2) is 17.1 Å². The van der Waals surface area contributed by atoms with Crippen LogP contribution in [-0.4, -0.2) is 53.8 Å². The van der Waals surface area contributed by atoms with E-state index in [1.165, 1.54) is 54.5 Å². The standard InChI is InChI=1S/C26H23Cl2FN6O7S/c1-40-15-34(24-5-4-9-30-31-24)43(38,39)23-12-19(28)22(13-20(23)29)42-21-8-7-16(27)11-17(21)18-14-33(32-26(18)35(36)37)25-6-2-3-10-41-25/h4-5,7-9,11-14,25H,2-3,6,10,15H2,1H3. The molecule has 1 aliphatic rings. The van der Waals surface area contributed by atoms with Gasteiger partial charge in [0.25, 0.3) is 10.0 Å². The largest absolute Gasteiger partial charge is 0.455 e. The lowest BCUT2D eigenvalue weighted by Gasteiger charge is -2.22. The van der Waals surface area contributed by atoms with Gasteiger partial charge in [0.2, 0.25) is 0 Å². The van der Waals surface area contributed by atoms with Crippen molar-refractivity contribution in [2.24, 2.45) is 0 Å². The summed E-state index contributed by atoms with van der Waals surface area (Å²) in [4.78, 5) is 10.5. The topological polar surface area (TPSA) is 152 Å². The summed E-state index contributed by atoms with van der Waals surface area (Å²) >= 11 is 12.6. The second-order valence-corrected chi connectivity index (χ2v) is 11.9. The number of nitro groups is 1. The molecule has 226 valence electrons. The lowest BCUT2D eigenvalue weighted by atomic mass is 10.1. The maximum atomic E-state index is 15.5. The minimum absolute atomic E-state index is 0.0223. The number of halogens is 3. The molecule has 0 radical (unpaired) electrons. The normalized spacial score (nSPS) is 15.3. The number of rotatable bonds is 10. The van der Waals surface area contributed by atoms with Crippen molar-refractivity contribution in [1.82, 2.24) is 20.0 Å². The number of anilines is 1. The van der Waals surface area contributed by atoms with Crippen LogP contribution in [0.25, 0.3) is 11.1 Å². The highest BCUT2D eigenvalue weighted by molar-refractivity contribution is 7.92. The summed E-state index contributed by atoms with van der Waals surface area (Å²) in [5.74, 6) is -2.00. The minimum Gasteiger partial charge on any atom is -0.455 e. The fraction of sp³-hybridized carbons (Fsp3) is 0.269. The zero-order chi connectivity index (χ0) is 30.7. The van der Waals surface area contributed by atoms with Crippen LogP contribution >= 0.6 is 23.2 Å². The third-order valence-corrected chi connectivity index (χ3v) is 8.67. The van der Waals surface area contributed by atoms with E-state index in [4.69, 9.17) is 37.4 Å². The van der Waals surface area contributed by atoms with E-state index in [1.54, 1.807) is 0 Å². The molecule has 0 aliphatic carbocycles. The van der Waals surface area contributed by atoms with Crippen LogP contribution in [0.5, 0.6) is 11.5 Å². The molecule has 0 spiro atoms. The molecule has 13 nitrogen and oxygen atoms in total. The summed E-state index contributed by atoms with van der Waals surface area (Å²) in [6, 6.07) is 8.82. The van der Waals surface area contributed by atoms with Crippen LogP contribution in [-0.2, 0) is 19.5 Å². The van der Waals surface area contributed by atoms with Crippen LogP contribution in [0.2, 0.25) is 10.0 Å². The van der Waals surface area contributed by atoms with Crippen LogP contribution in [0.4, 0.5) is 16.0 Å². The van der Waals surface area contributed by atoms with E-state index in [-0.39, 0.29) is 38.5 Å². The predicted octanol–water partition coefficient (Wildman–Crippen LogP) is 5.98. The number of sulfonamides is 1. The molecule has 2 aromatic heterocycles. The molecule has 1 aliphatic heterocycles. The minimum atomic E-state index is -4.56. The van der Waals surface area contributed by atoms with Gasteiger partial charge >= 0.3 is 5.82 Å². The van der Waals surface area contributed by atoms with E-state index in [0.29, 0.717) is 13.0 Å². The van der Waals surface area contributed by atoms with Crippen LogP contribution < -0.4 is 9.04 Å². The molecule has 43 heavy (non-hydrogen) atoms. The highest BCUT2D eigenvalue weighted by Crippen LogP contribution is 2.42. The Balaban J connectivity index is 1.53. The van der Waals surface area contributed by atoms with E-state index < -0.39 is 44.4 Å². The maximum absolute atomic E-state index is 15.5. The van der Waals surface area contributed by atoms with Crippen molar-refractivity contribution in [3.8, 4) is 22.6 Å². The number of ether oxygens (including phenoxy) is 3. The molecule has 4 aromatic rings. The van der Waals surface area contributed by atoms with Crippen LogP contribution in [0, 0.1) is 15.9 Å². The summed E-state index contributed by atoms with van der Waals surface area (Å²) in [5.41, 5.74) is 0.245. The molecular formula is C26H23Cl2FN6O7S. The average molecular weight is 653 g/mol. The third-order valence-electron chi connectivity index (χ3n) is 6.40. The number of hydrogen-bond acceptors (Lipinski definition) is 10. The molecule has 2 aromatic carbocycles. The lowest BCUT2D eigenvalue weighted by molar-refractivity contribution is -0.389. The number of benzene rings is 2. The summed E-state index contributed by atoms with van der Waals surface area (Å²) < 4.78 is 61.0. The molecule has 17 heteroatoms. The van der Waals surface area contributed by atoms with Crippen molar-refractivity contribution < 1.29 is 31.9 Å². The summed E-state index contributed by atoms with van der Waals surface area (Å²) in [5, 5.41) is 23.5. The highest BCUT2D eigenvalue weighted by atomic mass is 35.5. The Morgan fingerprint density at radius 3 is 2.67 bits per heavy atom. The molecule has 1 unspecified atom stereocenters. The first-order valence-electron chi connectivity index (χ1n) is 12.7. The van der Waals surface area contributed by atoms with Gasteiger partial charge in [-0.3, -0.25) is 0 Å². The van der Waals surface area contributed by atoms with Gasteiger partial charge < -0.3 is 24.3 Å². The van der Waals surface area contributed by atoms with Gasteiger partial charge in [0, 0.05) is 36.6 Å². The molecule has 0 saturated carbocycles. The van der Waals surface area contributed by atoms with Gasteiger partial charge in [0.1, 0.15) is 34.5 Å². The predicted molar refractivity (Wildman–Crippen MR) is 153 cm³/mol. The average Bonchev–Trinajstić information content (AvgIpc) is 3.45. The quantitative estimate of drug-likeness (QED) is 0.113. The van der Waals surface area contributed by atoms with E-state index in [1.807, 2.05) is 0 Å². The van der Waals surface area contributed by atoms with E-state index in [2.05, 4.69) is 15.3 Å². The fourth-order valence-corrected chi connectivity index (χ4v) is 6.25. The van der Waals surface area contributed by atoms with Crippen LogP contribution in [0.1, 0.15) is 25.5 Å². The van der Waals surface area contributed by atoms with Crippen molar-refractivity contribution in [1.29, 1.82) is 0 Å². The molecule has 1 fully saturated rings. The number of hydrogen-bond donors (Lipinski definition) is 0. The first-order chi connectivity index (χ1) is 20.6. The molecule has 0 bridgehead atoms. The SMILES string of the molecule is COCN(c1cccnn1)S(=O)(=O)c1cc(Cl)c(Oc2ccc(Cl)cc2-c2cn(C3CCCCO3)nc2[N+](=O)[O-])cc1F. The Bertz CT molecular complexity index is 1750. The molecule has 3 heterocycles. The summed E-state index contributed by atoms with van der Waals surface area (Å²) in [6.07, 6.45) is 4.70. The fourth-order valence-electron chi connectivity index (χ4n) is 4.41. The van der Waals surface area contributed by atoms with Gasteiger partial charge in [-0.1, -0.05) is 23.2 Å². The van der Waals surface area contributed by atoms with Gasteiger partial charge in [-0.15, -0.1) is 5.10 Å². The van der Waals surface area contributed by atoms with Crippen molar-refractivity contribution in [3.05, 3.63) is 80.8 Å². The first kappa shape index (κ1) is 30.6. The Kier molecular flexibility index (Phi) is 9.08. The molecule has 1 saturated heterocycles. The smallest absolute Gasteiger partial charge is 0.398 e. The maximum Gasteiger partial charge on any atom is 0.398 e. The molecule has 5 rings (SSSR count). The molecular weight excluding hydrogens is 630 g/mol. The lowest BCUT2D eigenvalue weighted by Crippen LogP contribution is -2.34. The first-order valence-corrected chi connectivity index (χ1v) is 14.9. The summed E-state index contributed by atoms with van der Waals surface area (Å²) in [6.45, 7) is 0.0137. The zero-order valence-electron chi connectivity index (χ0n) is 22.4. The van der Waals surface area contributed by atoms with Gasteiger partial charge in [-0.2, -0.15) is 9.78 Å². The number of methoxy groups -OCH3 is 1. The third kappa shape index (κ3) is 6.40. The van der Waals surface area contributed by atoms with Gasteiger partial charge in [0.15, 0.2) is 12.0 Å². The monoisotopic (exact) mass is 652 g/mol. The number of aromatic nitrogens is 4. The molecule has 0 N–H and O–H groups in total. The van der Waals surface area contributed by atoms with Crippen molar-refractivity contribution in [2.75, 3.05) is 24.8 Å². The zero-order valence-corrected chi connectivity index (χ0v) is 24.7. The Morgan fingerprint density at radius 2 is 2.00 bits per heavy atom. The van der Waals surface area contributed by atoms with Crippen molar-refractivity contribution >= 4 is 44.9 Å². The Morgan fingerprint density at radius 1 is 1.19 bits per heavy atom. The second kappa shape index (κ2) is 12.8. The van der Waals surface area contributed by atoms with Gasteiger partial charge in [0.05, 0.1) is 16.3 Å². The van der Waals surface area contributed by atoms with E-state index in [0.717, 1.165) is 29.3 Å². The van der Waals surface area contributed by atoms with Crippen molar-refractivity contribution in [3.63, 3.8) is 0 Å². The van der Waals surface area contributed by atoms with Crippen molar-refractivity contribution in [2.45, 2.75) is 30.4 Å². The Hall–Kier alpha value is -3.89. The summed E-state index contributed by atoms with van der Waals surface area (Å²) in [7, 11) is -3.30. The van der Waals surface area contributed by atoms with Crippen LogP contribution in [0.15, 0.2) is 59.8 Å². The van der Waals surface area contributed by atoms with Crippen LogP contribution in [0.3, 0.4) is 0 Å². The number of nitrogens with zero attached hydrogens (tertiary/aromatic N) is 6. The second-order valence-electron chi connectivity index (χ2n) is 9.23.